The second kappa shape index (κ2) is 11.2. The van der Waals surface area contributed by atoms with Crippen LogP contribution >= 0.6 is 23.2 Å². The molecule has 0 radical (unpaired) electrons. The molecular weight excluding hydrogens is 519 g/mol. The van der Waals surface area contributed by atoms with Crippen LogP contribution in [0.5, 0.6) is 0 Å². The fraction of sp³-hybridized carbons (Fsp3) is 0.444. The van der Waals surface area contributed by atoms with Gasteiger partial charge in [-0.2, -0.15) is 0 Å². The van der Waals surface area contributed by atoms with Crippen molar-refractivity contribution in [3.05, 3.63) is 82.4 Å². The highest BCUT2D eigenvalue weighted by Crippen LogP contribution is 2.45. The number of carbonyl (C=O) groups excluding carboxylic acids is 1. The number of ether oxygens (including phenoxy) is 1. The lowest BCUT2D eigenvalue weighted by Crippen LogP contribution is -2.57. The third-order valence-corrected chi connectivity index (χ3v) is 9.73. The number of hydrogen-bond donors (Lipinski definition) is 0. The summed E-state index contributed by atoms with van der Waals surface area (Å²) >= 11 is 12.5. The number of benzene rings is 2. The fourth-order valence-corrected chi connectivity index (χ4v) is 6.79. The number of halogens is 2. The number of morpholine rings is 1. The molecule has 194 valence electrons. The largest absolute Gasteiger partial charge is 0.358 e. The summed E-state index contributed by atoms with van der Waals surface area (Å²) in [6, 6.07) is 13.9. The molecule has 2 fully saturated rings. The summed E-state index contributed by atoms with van der Waals surface area (Å²) in [6.07, 6.45) is 2.69. The molecule has 0 N–H and O–H groups in total. The van der Waals surface area contributed by atoms with Crippen LogP contribution in [0.2, 0.25) is 10.0 Å². The zero-order valence-corrected chi connectivity index (χ0v) is 22.8. The number of hydrogen-bond acceptors (Lipinski definition) is 4. The van der Waals surface area contributed by atoms with Crippen LogP contribution in [0.15, 0.2) is 61.2 Å². The molecule has 0 aromatic heterocycles. The Bertz CT molecular complexity index is 1200. The van der Waals surface area contributed by atoms with Crippen LogP contribution in [0.1, 0.15) is 55.9 Å². The van der Waals surface area contributed by atoms with E-state index in [4.69, 9.17) is 27.9 Å². The van der Waals surface area contributed by atoms with Crippen molar-refractivity contribution < 1.29 is 17.9 Å². The molecule has 1 amide bonds. The van der Waals surface area contributed by atoms with Crippen LogP contribution in [0.3, 0.4) is 0 Å². The quantitative estimate of drug-likeness (QED) is 0.351. The number of nitrogens with zero attached hydrogens (tertiary/aromatic N) is 2. The van der Waals surface area contributed by atoms with Gasteiger partial charge in [0.15, 0.2) is 0 Å². The van der Waals surface area contributed by atoms with Gasteiger partial charge in [0.05, 0.1) is 11.3 Å². The van der Waals surface area contributed by atoms with Gasteiger partial charge in [-0.15, -0.1) is 6.58 Å². The van der Waals surface area contributed by atoms with Crippen LogP contribution in [0.4, 0.5) is 0 Å². The van der Waals surface area contributed by atoms with E-state index >= 15 is 0 Å². The average Bonchev–Trinajstić information content (AvgIpc) is 3.70. The maximum Gasteiger partial charge on any atom is 0.252 e. The van der Waals surface area contributed by atoms with Crippen molar-refractivity contribution in [2.24, 2.45) is 0 Å². The summed E-state index contributed by atoms with van der Waals surface area (Å²) in [4.78, 5) is 15.7. The SMILES string of the molecule is C=CC[C@H]1O[C@H](c2cccc(Cl)c2)[C@@H](c2ccc(Cl)cc2)N(C(CC)CN(C)S(=O)(=O)C2CC2)C1=O. The molecule has 4 rings (SSSR count). The van der Waals surface area contributed by atoms with Crippen molar-refractivity contribution in [3.63, 3.8) is 0 Å². The van der Waals surface area contributed by atoms with E-state index in [1.165, 1.54) is 4.31 Å². The van der Waals surface area contributed by atoms with Crippen molar-refractivity contribution >= 4 is 39.1 Å². The van der Waals surface area contributed by atoms with E-state index in [2.05, 4.69) is 6.58 Å². The predicted octanol–water partition coefficient (Wildman–Crippen LogP) is 5.78. The number of amides is 1. The zero-order chi connectivity index (χ0) is 26.0. The minimum atomic E-state index is -3.40. The van der Waals surface area contributed by atoms with E-state index in [1.807, 2.05) is 42.2 Å². The Morgan fingerprint density at radius 1 is 1.14 bits per heavy atom. The van der Waals surface area contributed by atoms with Crippen LogP contribution in [-0.4, -0.2) is 54.5 Å². The van der Waals surface area contributed by atoms with E-state index in [1.54, 1.807) is 31.3 Å². The van der Waals surface area contributed by atoms with Gasteiger partial charge in [-0.1, -0.05) is 60.5 Å². The molecule has 1 aliphatic heterocycles. The lowest BCUT2D eigenvalue weighted by molar-refractivity contribution is -0.179. The highest BCUT2D eigenvalue weighted by molar-refractivity contribution is 7.90. The smallest absolute Gasteiger partial charge is 0.252 e. The van der Waals surface area contributed by atoms with Gasteiger partial charge >= 0.3 is 0 Å². The zero-order valence-electron chi connectivity index (χ0n) is 20.5. The highest BCUT2D eigenvalue weighted by Gasteiger charge is 2.47. The Balaban J connectivity index is 1.80. The third kappa shape index (κ3) is 5.65. The Labute approximate surface area is 223 Å². The van der Waals surface area contributed by atoms with Crippen LogP contribution in [0.25, 0.3) is 0 Å². The molecule has 0 bridgehead atoms. The van der Waals surface area contributed by atoms with Crippen LogP contribution in [0, 0.1) is 0 Å². The molecule has 1 saturated heterocycles. The lowest BCUT2D eigenvalue weighted by Gasteiger charge is -2.48. The molecule has 2 aromatic rings. The predicted molar refractivity (Wildman–Crippen MR) is 144 cm³/mol. The molecule has 0 spiro atoms. The monoisotopic (exact) mass is 550 g/mol. The number of sulfonamides is 1. The molecule has 4 atom stereocenters. The van der Waals surface area contributed by atoms with Gasteiger partial charge in [0.1, 0.15) is 12.2 Å². The van der Waals surface area contributed by atoms with E-state index in [0.29, 0.717) is 35.7 Å². The van der Waals surface area contributed by atoms with E-state index in [9.17, 15) is 13.2 Å². The van der Waals surface area contributed by atoms with Crippen LogP contribution in [-0.2, 0) is 19.6 Å². The molecular formula is C27H32Cl2N2O4S. The van der Waals surface area contributed by atoms with Crippen molar-refractivity contribution in [1.29, 1.82) is 0 Å². The summed E-state index contributed by atoms with van der Waals surface area (Å²) in [5, 5.41) is 0.830. The number of likely N-dealkylation sites (N-methyl/N-ethyl adjacent to an activating group) is 1. The minimum absolute atomic E-state index is 0.183. The molecule has 36 heavy (non-hydrogen) atoms. The third-order valence-electron chi connectivity index (χ3n) is 6.91. The molecule has 1 aliphatic carbocycles. The Morgan fingerprint density at radius 3 is 2.42 bits per heavy atom. The van der Waals surface area contributed by atoms with Gasteiger partial charge in [0, 0.05) is 36.1 Å². The second-order valence-corrected chi connectivity index (χ2v) is 12.6. The highest BCUT2D eigenvalue weighted by atomic mass is 35.5. The van der Waals surface area contributed by atoms with E-state index in [-0.39, 0.29) is 23.7 Å². The first-order valence-electron chi connectivity index (χ1n) is 12.2. The first-order chi connectivity index (χ1) is 17.2. The van der Waals surface area contributed by atoms with E-state index in [0.717, 1.165) is 11.1 Å². The summed E-state index contributed by atoms with van der Waals surface area (Å²) in [7, 11) is -1.79. The normalized spacial score (nSPS) is 23.6. The van der Waals surface area contributed by atoms with Gasteiger partial charge < -0.3 is 9.64 Å². The Hall–Kier alpha value is -1.90. The second-order valence-electron chi connectivity index (χ2n) is 9.45. The summed E-state index contributed by atoms with van der Waals surface area (Å²) < 4.78 is 33.7. The molecule has 2 aromatic carbocycles. The maximum absolute atomic E-state index is 13.9. The van der Waals surface area contributed by atoms with Crippen molar-refractivity contribution in [2.45, 2.75) is 62.1 Å². The summed E-state index contributed by atoms with van der Waals surface area (Å²) in [6.45, 7) is 5.99. The number of rotatable bonds is 10. The lowest BCUT2D eigenvalue weighted by atomic mass is 9.89. The van der Waals surface area contributed by atoms with Gasteiger partial charge in [0.2, 0.25) is 10.0 Å². The topological polar surface area (TPSA) is 66.9 Å². The standard InChI is InChI=1S/C27H32Cl2N2O4S/c1-4-7-24-27(32)31(22(5-2)17-30(3)36(33,34)23-14-15-23)25(18-10-12-20(28)13-11-18)26(35-24)19-8-6-9-21(29)16-19/h4,6,8-13,16,22-26H,1,5,7,14-15,17H2,2-3H3/t22?,24-,25-,26-/m1/s1. The van der Waals surface area contributed by atoms with Gasteiger partial charge in [-0.25, -0.2) is 12.7 Å². The fourth-order valence-electron chi connectivity index (χ4n) is 4.85. The van der Waals surface area contributed by atoms with E-state index < -0.39 is 28.3 Å². The first-order valence-corrected chi connectivity index (χ1v) is 14.5. The average molecular weight is 552 g/mol. The minimum Gasteiger partial charge on any atom is -0.358 e. The van der Waals surface area contributed by atoms with Crippen molar-refractivity contribution in [3.8, 4) is 0 Å². The molecule has 6 nitrogen and oxygen atoms in total. The van der Waals surface area contributed by atoms with Gasteiger partial charge in [0.25, 0.3) is 5.91 Å². The van der Waals surface area contributed by atoms with Gasteiger partial charge in [-0.05, 0) is 54.7 Å². The molecule has 1 unspecified atom stereocenters. The molecule has 1 saturated carbocycles. The van der Waals surface area contributed by atoms with Crippen molar-refractivity contribution in [2.75, 3.05) is 13.6 Å². The Kier molecular flexibility index (Phi) is 8.47. The first kappa shape index (κ1) is 27.1. The molecule has 9 heteroatoms. The van der Waals surface area contributed by atoms with Crippen molar-refractivity contribution in [1.82, 2.24) is 9.21 Å². The molecule has 2 aliphatic rings. The summed E-state index contributed by atoms with van der Waals surface area (Å²) in [5.41, 5.74) is 1.68. The van der Waals surface area contributed by atoms with Gasteiger partial charge in [-0.3, -0.25) is 4.79 Å². The molecule has 1 heterocycles. The van der Waals surface area contributed by atoms with Crippen LogP contribution < -0.4 is 0 Å². The maximum atomic E-state index is 13.9. The number of carbonyl (C=O) groups is 1. The summed E-state index contributed by atoms with van der Waals surface area (Å²) in [5.74, 6) is -0.183. The Morgan fingerprint density at radius 2 is 1.83 bits per heavy atom.